The lowest BCUT2D eigenvalue weighted by Gasteiger charge is -2.27. The van der Waals surface area contributed by atoms with Crippen LogP contribution in [0.25, 0.3) is 10.9 Å². The van der Waals surface area contributed by atoms with E-state index in [1.165, 1.54) is 11.3 Å². The molecule has 1 aromatic heterocycles. The van der Waals surface area contributed by atoms with Crippen LogP contribution in [0.1, 0.15) is 21.6 Å². The van der Waals surface area contributed by atoms with Gasteiger partial charge >= 0.3 is 0 Å². The van der Waals surface area contributed by atoms with Gasteiger partial charge in [0.1, 0.15) is 5.75 Å². The molecule has 0 saturated heterocycles. The lowest BCUT2D eigenvalue weighted by molar-refractivity contribution is -0.134. The second-order valence-electron chi connectivity index (χ2n) is 7.80. The van der Waals surface area contributed by atoms with Gasteiger partial charge in [0.05, 0.1) is 5.56 Å². The van der Waals surface area contributed by atoms with Gasteiger partial charge in [-0.05, 0) is 30.3 Å². The Bertz CT molecular complexity index is 1280. The van der Waals surface area contributed by atoms with Crippen molar-refractivity contribution in [3.8, 4) is 5.75 Å². The molecule has 6 nitrogen and oxygen atoms in total. The van der Waals surface area contributed by atoms with Crippen molar-refractivity contribution in [3.63, 3.8) is 0 Å². The number of H-pyrrole nitrogens is 1. The number of benzene rings is 3. The first kappa shape index (κ1) is 19.9. The van der Waals surface area contributed by atoms with E-state index in [2.05, 4.69) is 22.4 Å². The van der Waals surface area contributed by atoms with Gasteiger partial charge in [-0.1, -0.05) is 48.5 Å². The number of amides is 2. The molecule has 2 heterocycles. The highest BCUT2D eigenvalue weighted by atomic mass is 16.5. The number of fused-ring (bicyclic) bond motifs is 3. The maximum Gasteiger partial charge on any atom is 0.260 e. The number of ether oxygens (including phenoxy) is 1. The van der Waals surface area contributed by atoms with Crippen LogP contribution in [-0.2, 0) is 17.8 Å². The first-order chi connectivity index (χ1) is 15.7. The maximum absolute atomic E-state index is 12.9. The molecule has 0 unspecified atom stereocenters. The number of anilines is 1. The fourth-order valence-corrected chi connectivity index (χ4v) is 4.11. The van der Waals surface area contributed by atoms with Crippen LogP contribution in [0.5, 0.6) is 5.75 Å². The van der Waals surface area contributed by atoms with Gasteiger partial charge < -0.3 is 19.9 Å². The van der Waals surface area contributed by atoms with Crippen molar-refractivity contribution in [2.45, 2.75) is 13.0 Å². The number of aromatic amines is 1. The van der Waals surface area contributed by atoms with Gasteiger partial charge in [0, 0.05) is 47.4 Å². The largest absolute Gasteiger partial charge is 0.483 e. The summed E-state index contributed by atoms with van der Waals surface area (Å²) in [5.41, 5.74) is 4.55. The second kappa shape index (κ2) is 8.59. The van der Waals surface area contributed by atoms with Crippen molar-refractivity contribution in [3.05, 3.63) is 95.7 Å². The number of aromatic nitrogens is 1. The van der Waals surface area contributed by atoms with Crippen molar-refractivity contribution in [2.24, 2.45) is 0 Å². The van der Waals surface area contributed by atoms with Gasteiger partial charge in [-0.25, -0.2) is 0 Å². The Kier molecular flexibility index (Phi) is 5.34. The lowest BCUT2D eigenvalue weighted by atomic mass is 10.0. The molecule has 0 fully saturated rings. The number of nitrogens with one attached hydrogen (secondary N) is 2. The van der Waals surface area contributed by atoms with Crippen LogP contribution in [0, 0.1) is 0 Å². The van der Waals surface area contributed by atoms with E-state index in [9.17, 15) is 9.59 Å². The molecule has 160 valence electrons. The molecule has 0 aliphatic carbocycles. The highest BCUT2D eigenvalue weighted by Gasteiger charge is 2.24. The molecular weight excluding hydrogens is 402 g/mol. The summed E-state index contributed by atoms with van der Waals surface area (Å²) in [7, 11) is 0. The SMILES string of the molecule is O=C(Nc1ccccc1)c1ccccc1OCC(=O)N1CCc2[nH]c3ccccc3c2C1. The summed E-state index contributed by atoms with van der Waals surface area (Å²) in [4.78, 5) is 30.9. The van der Waals surface area contributed by atoms with Crippen molar-refractivity contribution in [2.75, 3.05) is 18.5 Å². The van der Waals surface area contributed by atoms with Crippen LogP contribution >= 0.6 is 0 Å². The molecule has 6 heteroatoms. The smallest absolute Gasteiger partial charge is 0.260 e. The van der Waals surface area contributed by atoms with Crippen molar-refractivity contribution < 1.29 is 14.3 Å². The summed E-state index contributed by atoms with van der Waals surface area (Å²) in [6.07, 6.45) is 0.784. The van der Waals surface area contributed by atoms with Gasteiger partial charge in [0.2, 0.25) is 0 Å². The van der Waals surface area contributed by atoms with Gasteiger partial charge in [-0.15, -0.1) is 0 Å². The molecule has 4 aromatic rings. The lowest BCUT2D eigenvalue weighted by Crippen LogP contribution is -2.38. The molecule has 0 bridgehead atoms. The molecule has 2 N–H and O–H groups in total. The predicted molar refractivity (Wildman–Crippen MR) is 124 cm³/mol. The monoisotopic (exact) mass is 425 g/mol. The Labute approximate surface area is 185 Å². The summed E-state index contributed by atoms with van der Waals surface area (Å²) in [5.74, 6) is 0.0129. The first-order valence-electron chi connectivity index (χ1n) is 10.6. The zero-order valence-corrected chi connectivity index (χ0v) is 17.5. The average molecular weight is 425 g/mol. The fourth-order valence-electron chi connectivity index (χ4n) is 4.11. The van der Waals surface area contributed by atoms with Crippen LogP contribution in [-0.4, -0.2) is 34.8 Å². The molecule has 2 amide bonds. The van der Waals surface area contributed by atoms with Gasteiger partial charge in [0.15, 0.2) is 6.61 Å². The van der Waals surface area contributed by atoms with Crippen molar-refractivity contribution in [1.82, 2.24) is 9.88 Å². The summed E-state index contributed by atoms with van der Waals surface area (Å²) in [6, 6.07) is 24.4. The van der Waals surface area contributed by atoms with Crippen molar-refractivity contribution in [1.29, 1.82) is 0 Å². The quantitative estimate of drug-likeness (QED) is 0.498. The van der Waals surface area contributed by atoms with E-state index in [1.807, 2.05) is 47.4 Å². The number of carbonyl (C=O) groups excluding carboxylic acids is 2. The molecule has 3 aromatic carbocycles. The van der Waals surface area contributed by atoms with Crippen LogP contribution < -0.4 is 10.1 Å². The summed E-state index contributed by atoms with van der Waals surface area (Å²) < 4.78 is 5.81. The Morgan fingerprint density at radius 2 is 1.69 bits per heavy atom. The Balaban J connectivity index is 1.26. The summed E-state index contributed by atoms with van der Waals surface area (Å²) in [6.45, 7) is 1.07. The third kappa shape index (κ3) is 3.95. The Morgan fingerprint density at radius 3 is 2.56 bits per heavy atom. The van der Waals surface area contributed by atoms with Crippen LogP contribution in [0.2, 0.25) is 0 Å². The molecule has 1 aliphatic heterocycles. The minimum Gasteiger partial charge on any atom is -0.483 e. The standard InChI is InChI=1S/C26H23N3O3/c30-25(29-15-14-23-21(16-29)19-10-4-6-12-22(19)28-23)17-32-24-13-7-5-11-20(24)26(31)27-18-8-2-1-3-9-18/h1-13,28H,14-17H2,(H,27,31). The third-order valence-electron chi connectivity index (χ3n) is 5.75. The average Bonchev–Trinajstić information content (AvgIpc) is 3.21. The minimum atomic E-state index is -0.277. The normalized spacial score (nSPS) is 12.9. The second-order valence-corrected chi connectivity index (χ2v) is 7.80. The maximum atomic E-state index is 12.9. The van der Waals surface area contributed by atoms with E-state index in [0.29, 0.717) is 30.1 Å². The molecule has 0 saturated carbocycles. The molecule has 0 atom stereocenters. The molecule has 5 rings (SSSR count). The number of nitrogens with zero attached hydrogens (tertiary/aromatic N) is 1. The molecular formula is C26H23N3O3. The molecule has 0 spiro atoms. The Hall–Kier alpha value is -4.06. The predicted octanol–water partition coefficient (Wildman–Crippen LogP) is 4.38. The van der Waals surface area contributed by atoms with Crippen LogP contribution in [0.3, 0.4) is 0 Å². The van der Waals surface area contributed by atoms with Gasteiger partial charge in [-0.3, -0.25) is 9.59 Å². The van der Waals surface area contributed by atoms with E-state index >= 15 is 0 Å². The zero-order valence-electron chi connectivity index (χ0n) is 17.5. The highest BCUT2D eigenvalue weighted by molar-refractivity contribution is 6.06. The van der Waals surface area contributed by atoms with E-state index < -0.39 is 0 Å². The summed E-state index contributed by atoms with van der Waals surface area (Å²) >= 11 is 0. The van der Waals surface area contributed by atoms with E-state index in [-0.39, 0.29) is 18.4 Å². The number of para-hydroxylation sites is 3. The minimum absolute atomic E-state index is 0.0980. The molecule has 0 radical (unpaired) electrons. The highest BCUT2D eigenvalue weighted by Crippen LogP contribution is 2.28. The number of hydrogen-bond donors (Lipinski definition) is 2. The van der Waals surface area contributed by atoms with Gasteiger partial charge in [-0.2, -0.15) is 0 Å². The van der Waals surface area contributed by atoms with Crippen molar-refractivity contribution >= 4 is 28.4 Å². The Morgan fingerprint density at radius 1 is 0.938 bits per heavy atom. The molecule has 1 aliphatic rings. The number of rotatable bonds is 5. The topological polar surface area (TPSA) is 74.4 Å². The van der Waals surface area contributed by atoms with E-state index in [0.717, 1.165) is 17.3 Å². The van der Waals surface area contributed by atoms with Crippen LogP contribution in [0.15, 0.2) is 78.9 Å². The zero-order chi connectivity index (χ0) is 21.9. The number of hydrogen-bond acceptors (Lipinski definition) is 3. The fraction of sp³-hybridized carbons (Fsp3) is 0.154. The van der Waals surface area contributed by atoms with Crippen LogP contribution in [0.4, 0.5) is 5.69 Å². The van der Waals surface area contributed by atoms with E-state index in [4.69, 9.17) is 4.74 Å². The third-order valence-corrected chi connectivity index (χ3v) is 5.75. The van der Waals surface area contributed by atoms with Gasteiger partial charge in [0.25, 0.3) is 11.8 Å². The molecule has 32 heavy (non-hydrogen) atoms. The first-order valence-corrected chi connectivity index (χ1v) is 10.6. The van der Waals surface area contributed by atoms with E-state index in [1.54, 1.807) is 24.3 Å². The summed E-state index contributed by atoms with van der Waals surface area (Å²) in [5, 5.41) is 4.01. The number of carbonyl (C=O) groups is 2.